The lowest BCUT2D eigenvalue weighted by Crippen LogP contribution is -2.39. The lowest BCUT2D eigenvalue weighted by molar-refractivity contribution is 0.0104. The molecular formula is C22H30BrN3O2. The van der Waals surface area contributed by atoms with Crippen LogP contribution in [0.15, 0.2) is 56.5 Å². The first-order chi connectivity index (χ1) is 13.8. The summed E-state index contributed by atoms with van der Waals surface area (Å²) in [5.74, 6) is 1.83. The van der Waals surface area contributed by atoms with E-state index in [1.54, 1.807) is 6.26 Å². The van der Waals surface area contributed by atoms with Crippen molar-refractivity contribution in [3.63, 3.8) is 0 Å². The topological polar surface area (TPSA) is 58.8 Å². The molecule has 1 saturated heterocycles. The summed E-state index contributed by atoms with van der Waals surface area (Å²) in [5.41, 5.74) is 1.19. The zero-order valence-electron chi connectivity index (χ0n) is 16.3. The predicted octanol–water partition coefficient (Wildman–Crippen LogP) is 4.67. The van der Waals surface area contributed by atoms with E-state index in [2.05, 4.69) is 38.7 Å². The summed E-state index contributed by atoms with van der Waals surface area (Å²) in [6.07, 6.45) is 8.89. The van der Waals surface area contributed by atoms with Gasteiger partial charge in [0, 0.05) is 30.6 Å². The first kappa shape index (κ1) is 20.9. The van der Waals surface area contributed by atoms with E-state index in [0.29, 0.717) is 12.6 Å². The third-order valence-corrected chi connectivity index (χ3v) is 5.37. The quantitative estimate of drug-likeness (QED) is 0.333. The van der Waals surface area contributed by atoms with Crippen molar-refractivity contribution in [2.75, 3.05) is 19.7 Å². The summed E-state index contributed by atoms with van der Waals surface area (Å²) in [4.78, 5) is 4.74. The van der Waals surface area contributed by atoms with Crippen LogP contribution in [0.25, 0.3) is 0 Å². The van der Waals surface area contributed by atoms with Crippen molar-refractivity contribution in [3.05, 3.63) is 58.5 Å². The van der Waals surface area contributed by atoms with E-state index in [0.717, 1.165) is 55.2 Å². The molecule has 2 aromatic rings. The Morgan fingerprint density at radius 3 is 2.71 bits per heavy atom. The van der Waals surface area contributed by atoms with E-state index in [1.807, 2.05) is 24.3 Å². The minimum absolute atomic E-state index is 0.436. The maximum atomic E-state index is 5.82. The van der Waals surface area contributed by atoms with E-state index >= 15 is 0 Å². The van der Waals surface area contributed by atoms with Gasteiger partial charge in [0.05, 0.1) is 18.9 Å². The molecule has 1 atom stereocenters. The Labute approximate surface area is 176 Å². The molecule has 0 aliphatic carbocycles. The Bertz CT molecular complexity index is 695. The second-order valence-corrected chi connectivity index (χ2v) is 8.02. The average Bonchev–Trinajstić information content (AvgIpc) is 3.24. The fraction of sp³-hybridized carbons (Fsp3) is 0.500. The summed E-state index contributed by atoms with van der Waals surface area (Å²) in [6, 6.07) is 12.2. The van der Waals surface area contributed by atoms with Gasteiger partial charge in [0.1, 0.15) is 5.76 Å². The molecule has 1 aromatic carbocycles. The number of hydrogen-bond acceptors (Lipinski definition) is 3. The Morgan fingerprint density at radius 2 is 1.96 bits per heavy atom. The van der Waals surface area contributed by atoms with E-state index in [1.165, 1.54) is 24.8 Å². The van der Waals surface area contributed by atoms with Gasteiger partial charge in [-0.15, -0.1) is 0 Å². The Hall–Kier alpha value is -1.79. The number of nitrogens with zero attached hydrogens (tertiary/aromatic N) is 1. The van der Waals surface area contributed by atoms with Crippen LogP contribution in [-0.4, -0.2) is 31.8 Å². The monoisotopic (exact) mass is 447 g/mol. The zero-order chi connectivity index (χ0) is 19.4. The summed E-state index contributed by atoms with van der Waals surface area (Å²) < 4.78 is 12.3. The van der Waals surface area contributed by atoms with Gasteiger partial charge >= 0.3 is 0 Å². The van der Waals surface area contributed by atoms with E-state index in [4.69, 9.17) is 14.1 Å². The van der Waals surface area contributed by atoms with E-state index in [-0.39, 0.29) is 0 Å². The molecule has 2 heterocycles. The highest BCUT2D eigenvalue weighted by Gasteiger charge is 2.13. The number of aliphatic imine (C=N–C) groups is 1. The van der Waals surface area contributed by atoms with E-state index < -0.39 is 0 Å². The molecule has 0 saturated carbocycles. The van der Waals surface area contributed by atoms with Crippen LogP contribution in [0, 0.1) is 0 Å². The number of hydrogen-bond donors (Lipinski definition) is 2. The van der Waals surface area contributed by atoms with Crippen LogP contribution < -0.4 is 10.6 Å². The number of rotatable bonds is 9. The summed E-state index contributed by atoms with van der Waals surface area (Å²) in [5, 5.41) is 6.88. The molecule has 5 nitrogen and oxygen atoms in total. The van der Waals surface area contributed by atoms with Crippen molar-refractivity contribution < 1.29 is 9.15 Å². The Kier molecular flexibility index (Phi) is 8.91. The van der Waals surface area contributed by atoms with Crippen molar-refractivity contribution in [2.45, 2.75) is 51.2 Å². The highest BCUT2D eigenvalue weighted by molar-refractivity contribution is 9.10. The van der Waals surface area contributed by atoms with Gasteiger partial charge in [0.15, 0.2) is 5.96 Å². The number of nitrogens with one attached hydrogen (secondary N) is 2. The lowest BCUT2D eigenvalue weighted by atomic mass is 10.0. The molecule has 1 unspecified atom stereocenters. The molecule has 0 spiro atoms. The fourth-order valence-corrected chi connectivity index (χ4v) is 3.53. The third kappa shape index (κ3) is 7.68. The minimum atomic E-state index is 0.436. The molecule has 152 valence electrons. The van der Waals surface area contributed by atoms with Gasteiger partial charge in [0.25, 0.3) is 0 Å². The molecule has 1 aliphatic rings. The van der Waals surface area contributed by atoms with Crippen LogP contribution in [0.5, 0.6) is 0 Å². The van der Waals surface area contributed by atoms with Crippen molar-refractivity contribution in [2.24, 2.45) is 4.99 Å². The molecule has 0 radical (unpaired) electrons. The van der Waals surface area contributed by atoms with Gasteiger partial charge < -0.3 is 19.8 Å². The number of halogens is 1. The van der Waals surface area contributed by atoms with Crippen LogP contribution in [0.1, 0.15) is 43.4 Å². The van der Waals surface area contributed by atoms with Gasteiger partial charge in [-0.3, -0.25) is 0 Å². The zero-order valence-corrected chi connectivity index (χ0v) is 17.9. The molecule has 0 amide bonds. The molecule has 0 bridgehead atoms. The molecule has 1 aliphatic heterocycles. The maximum absolute atomic E-state index is 5.82. The van der Waals surface area contributed by atoms with Crippen molar-refractivity contribution in [1.29, 1.82) is 0 Å². The summed E-state index contributed by atoms with van der Waals surface area (Å²) >= 11 is 3.47. The molecule has 1 aromatic heterocycles. The second-order valence-electron chi connectivity index (χ2n) is 7.11. The average molecular weight is 448 g/mol. The van der Waals surface area contributed by atoms with E-state index in [9.17, 15) is 0 Å². The first-order valence-electron chi connectivity index (χ1n) is 10.2. The standard InChI is InChI=1S/C22H30BrN3O2/c23-19-10-8-18(9-11-19)17-26-22(25-14-12-21-7-4-16-28-21)24-13-3-6-20-5-1-2-15-27-20/h4,7-11,16,20H,1-3,5-6,12-15,17H2,(H2,24,25,26). The van der Waals surface area contributed by atoms with Crippen molar-refractivity contribution in [1.82, 2.24) is 10.6 Å². The van der Waals surface area contributed by atoms with Gasteiger partial charge in [-0.05, 0) is 61.9 Å². The third-order valence-electron chi connectivity index (χ3n) is 4.85. The SMILES string of the molecule is Brc1ccc(CN=C(NCCCC2CCCCO2)NCCc2ccco2)cc1. The molecule has 2 N–H and O–H groups in total. The smallest absolute Gasteiger partial charge is 0.191 e. The largest absolute Gasteiger partial charge is 0.469 e. The maximum Gasteiger partial charge on any atom is 0.191 e. The van der Waals surface area contributed by atoms with Gasteiger partial charge in [0.2, 0.25) is 0 Å². The van der Waals surface area contributed by atoms with Crippen LogP contribution in [0.2, 0.25) is 0 Å². The molecule has 3 rings (SSSR count). The summed E-state index contributed by atoms with van der Waals surface area (Å²) in [6.45, 7) is 3.25. The number of furan rings is 1. The van der Waals surface area contributed by atoms with Crippen LogP contribution in [-0.2, 0) is 17.7 Å². The first-order valence-corrected chi connectivity index (χ1v) is 11.0. The molecule has 1 fully saturated rings. The highest BCUT2D eigenvalue weighted by atomic mass is 79.9. The minimum Gasteiger partial charge on any atom is -0.469 e. The van der Waals surface area contributed by atoms with Crippen LogP contribution >= 0.6 is 15.9 Å². The molecule has 28 heavy (non-hydrogen) atoms. The second kappa shape index (κ2) is 11.9. The Balaban J connectivity index is 1.45. The van der Waals surface area contributed by atoms with Crippen molar-refractivity contribution >= 4 is 21.9 Å². The number of benzene rings is 1. The number of ether oxygens (including phenoxy) is 1. The number of guanidine groups is 1. The fourth-order valence-electron chi connectivity index (χ4n) is 3.26. The predicted molar refractivity (Wildman–Crippen MR) is 117 cm³/mol. The van der Waals surface area contributed by atoms with Crippen LogP contribution in [0.3, 0.4) is 0 Å². The highest BCUT2D eigenvalue weighted by Crippen LogP contribution is 2.16. The van der Waals surface area contributed by atoms with Gasteiger partial charge in [-0.2, -0.15) is 0 Å². The van der Waals surface area contributed by atoms with Gasteiger partial charge in [-0.25, -0.2) is 4.99 Å². The molecule has 6 heteroatoms. The van der Waals surface area contributed by atoms with Crippen molar-refractivity contribution in [3.8, 4) is 0 Å². The normalized spacial score (nSPS) is 17.5. The van der Waals surface area contributed by atoms with Crippen LogP contribution in [0.4, 0.5) is 0 Å². The Morgan fingerprint density at radius 1 is 1.11 bits per heavy atom. The molecular weight excluding hydrogens is 418 g/mol. The lowest BCUT2D eigenvalue weighted by Gasteiger charge is -2.22. The summed E-state index contributed by atoms with van der Waals surface area (Å²) in [7, 11) is 0. The van der Waals surface area contributed by atoms with Gasteiger partial charge in [-0.1, -0.05) is 28.1 Å².